The largest absolute Gasteiger partial charge is 0.493 e. The van der Waals surface area contributed by atoms with Crippen molar-refractivity contribution in [3.8, 4) is 11.5 Å². The molecule has 0 saturated carbocycles. The molecule has 1 aromatic carbocycles. The molecule has 0 heterocycles. The fraction of sp³-hybridized carbons (Fsp3) is 0.462. The first-order valence-corrected chi connectivity index (χ1v) is 6.24. The number of benzene rings is 1. The van der Waals surface area contributed by atoms with Gasteiger partial charge in [-0.05, 0) is 19.9 Å². The molecule has 0 aliphatic rings. The number of hydrogen-bond acceptors (Lipinski definition) is 5. The van der Waals surface area contributed by atoms with E-state index < -0.39 is 5.97 Å². The Kier molecular flexibility index (Phi) is 5.92. The number of methoxy groups -OCH3 is 1. The normalized spacial score (nSPS) is 10.4. The smallest absolute Gasteiger partial charge is 0.344 e. The number of nitrogens with two attached hydrogens (primary N) is 1. The van der Waals surface area contributed by atoms with E-state index in [0.29, 0.717) is 22.1 Å². The second kappa shape index (κ2) is 7.21. The van der Waals surface area contributed by atoms with Gasteiger partial charge in [0.2, 0.25) is 0 Å². The SMILES string of the molecule is COc1cc(Cl)cc(CN)c1OCC(=O)OC(C)C. The van der Waals surface area contributed by atoms with Gasteiger partial charge in [0.1, 0.15) is 0 Å². The summed E-state index contributed by atoms with van der Waals surface area (Å²) in [6.07, 6.45) is -0.183. The van der Waals surface area contributed by atoms with Gasteiger partial charge in [-0.25, -0.2) is 4.79 Å². The molecule has 0 spiro atoms. The van der Waals surface area contributed by atoms with Gasteiger partial charge in [0.25, 0.3) is 0 Å². The fourth-order valence-corrected chi connectivity index (χ4v) is 1.75. The Morgan fingerprint density at radius 2 is 2.11 bits per heavy atom. The lowest BCUT2D eigenvalue weighted by molar-refractivity contribution is -0.149. The van der Waals surface area contributed by atoms with Crippen LogP contribution in [0.25, 0.3) is 0 Å². The zero-order valence-corrected chi connectivity index (χ0v) is 12.0. The maximum absolute atomic E-state index is 11.4. The van der Waals surface area contributed by atoms with Crippen molar-refractivity contribution < 1.29 is 19.0 Å². The second-order valence-electron chi connectivity index (χ2n) is 4.13. The third-order valence-corrected chi connectivity index (χ3v) is 2.46. The number of esters is 1. The summed E-state index contributed by atoms with van der Waals surface area (Å²) in [5.41, 5.74) is 6.29. The van der Waals surface area contributed by atoms with Gasteiger partial charge in [-0.3, -0.25) is 0 Å². The van der Waals surface area contributed by atoms with E-state index in [9.17, 15) is 4.79 Å². The molecule has 0 saturated heterocycles. The minimum atomic E-state index is -0.449. The number of halogens is 1. The Labute approximate surface area is 117 Å². The first-order chi connectivity index (χ1) is 8.97. The van der Waals surface area contributed by atoms with Crippen molar-refractivity contribution in [2.45, 2.75) is 26.5 Å². The number of ether oxygens (including phenoxy) is 3. The van der Waals surface area contributed by atoms with Crippen molar-refractivity contribution in [2.75, 3.05) is 13.7 Å². The molecule has 19 heavy (non-hydrogen) atoms. The van der Waals surface area contributed by atoms with E-state index in [0.717, 1.165) is 0 Å². The molecule has 2 N–H and O–H groups in total. The molecule has 106 valence electrons. The predicted octanol–water partition coefficient (Wildman–Crippen LogP) is 2.14. The van der Waals surface area contributed by atoms with Crippen molar-refractivity contribution in [1.82, 2.24) is 0 Å². The van der Waals surface area contributed by atoms with E-state index in [4.69, 9.17) is 31.5 Å². The van der Waals surface area contributed by atoms with Crippen LogP contribution in [-0.2, 0) is 16.1 Å². The molecule has 0 aromatic heterocycles. The van der Waals surface area contributed by atoms with Gasteiger partial charge in [0.05, 0.1) is 13.2 Å². The van der Waals surface area contributed by atoms with Gasteiger partial charge in [0, 0.05) is 23.2 Å². The fourth-order valence-electron chi connectivity index (χ4n) is 1.52. The summed E-state index contributed by atoms with van der Waals surface area (Å²) < 4.78 is 15.6. The minimum Gasteiger partial charge on any atom is -0.493 e. The summed E-state index contributed by atoms with van der Waals surface area (Å²) in [5, 5.41) is 0.495. The van der Waals surface area contributed by atoms with Crippen LogP contribution in [0, 0.1) is 0 Å². The molecule has 0 aliphatic heterocycles. The van der Waals surface area contributed by atoms with Crippen LogP contribution in [0.3, 0.4) is 0 Å². The summed E-state index contributed by atoms with van der Waals surface area (Å²) in [6.45, 7) is 3.56. The van der Waals surface area contributed by atoms with Crippen molar-refractivity contribution in [3.63, 3.8) is 0 Å². The summed E-state index contributed by atoms with van der Waals surface area (Å²) in [5.74, 6) is 0.398. The maximum atomic E-state index is 11.4. The molecule has 0 unspecified atom stereocenters. The van der Waals surface area contributed by atoms with Crippen LogP contribution in [0.15, 0.2) is 12.1 Å². The molecule has 6 heteroatoms. The van der Waals surface area contributed by atoms with Gasteiger partial charge in [0.15, 0.2) is 18.1 Å². The van der Waals surface area contributed by atoms with Crippen molar-refractivity contribution in [3.05, 3.63) is 22.7 Å². The molecule has 0 amide bonds. The van der Waals surface area contributed by atoms with E-state index in [1.807, 2.05) is 0 Å². The van der Waals surface area contributed by atoms with Crippen LogP contribution >= 0.6 is 11.6 Å². The highest BCUT2D eigenvalue weighted by Gasteiger charge is 2.14. The zero-order valence-electron chi connectivity index (χ0n) is 11.2. The highest BCUT2D eigenvalue weighted by atomic mass is 35.5. The average molecular weight is 288 g/mol. The third kappa shape index (κ3) is 4.61. The van der Waals surface area contributed by atoms with Gasteiger partial charge >= 0.3 is 5.97 Å². The zero-order chi connectivity index (χ0) is 14.4. The lowest BCUT2D eigenvalue weighted by atomic mass is 10.2. The Hall–Kier alpha value is -1.46. The summed E-state index contributed by atoms with van der Waals surface area (Å²) in [4.78, 5) is 11.4. The average Bonchev–Trinajstić information content (AvgIpc) is 2.35. The molecule has 0 radical (unpaired) electrons. The molecule has 0 bridgehead atoms. The number of rotatable bonds is 6. The Morgan fingerprint density at radius 3 is 2.63 bits per heavy atom. The van der Waals surface area contributed by atoms with Crippen LogP contribution in [0.4, 0.5) is 0 Å². The monoisotopic (exact) mass is 287 g/mol. The lowest BCUT2D eigenvalue weighted by Crippen LogP contribution is -2.19. The topological polar surface area (TPSA) is 70.8 Å². The predicted molar refractivity (Wildman–Crippen MR) is 72.6 cm³/mol. The maximum Gasteiger partial charge on any atom is 0.344 e. The number of carbonyl (C=O) groups excluding carboxylic acids is 1. The van der Waals surface area contributed by atoms with E-state index in [1.165, 1.54) is 7.11 Å². The van der Waals surface area contributed by atoms with E-state index >= 15 is 0 Å². The molecule has 0 fully saturated rings. The Balaban J connectivity index is 2.84. The summed E-state index contributed by atoms with van der Waals surface area (Å²) in [7, 11) is 1.49. The molecular weight excluding hydrogens is 270 g/mol. The van der Waals surface area contributed by atoms with Gasteiger partial charge in [-0.2, -0.15) is 0 Å². The van der Waals surface area contributed by atoms with E-state index in [2.05, 4.69) is 0 Å². The van der Waals surface area contributed by atoms with Crippen LogP contribution in [-0.4, -0.2) is 25.8 Å². The first kappa shape index (κ1) is 15.6. The van der Waals surface area contributed by atoms with Crippen molar-refractivity contribution in [1.29, 1.82) is 0 Å². The Bertz CT molecular complexity index is 423. The minimum absolute atomic E-state index is 0.183. The Morgan fingerprint density at radius 1 is 1.42 bits per heavy atom. The molecular formula is C13H18ClNO4. The van der Waals surface area contributed by atoms with Crippen molar-refractivity contribution in [2.24, 2.45) is 5.73 Å². The third-order valence-electron chi connectivity index (χ3n) is 2.24. The molecule has 1 rings (SSSR count). The summed E-state index contributed by atoms with van der Waals surface area (Å²) >= 11 is 5.93. The standard InChI is InChI=1S/C13H18ClNO4/c1-8(2)19-12(16)7-18-13-9(6-15)4-10(14)5-11(13)17-3/h4-5,8H,6-7,15H2,1-3H3. The molecule has 1 aromatic rings. The van der Waals surface area contributed by atoms with Crippen LogP contribution in [0.5, 0.6) is 11.5 Å². The highest BCUT2D eigenvalue weighted by Crippen LogP contribution is 2.34. The van der Waals surface area contributed by atoms with E-state index in [1.54, 1.807) is 26.0 Å². The number of hydrogen-bond donors (Lipinski definition) is 1. The van der Waals surface area contributed by atoms with Crippen LogP contribution in [0.2, 0.25) is 5.02 Å². The first-order valence-electron chi connectivity index (χ1n) is 5.86. The molecule has 0 aliphatic carbocycles. The van der Waals surface area contributed by atoms with Gasteiger partial charge in [-0.15, -0.1) is 0 Å². The second-order valence-corrected chi connectivity index (χ2v) is 4.56. The van der Waals surface area contributed by atoms with Crippen LogP contribution in [0.1, 0.15) is 19.4 Å². The quantitative estimate of drug-likeness (QED) is 0.812. The molecule has 0 atom stereocenters. The summed E-state index contributed by atoms with van der Waals surface area (Å²) in [6, 6.07) is 3.27. The lowest BCUT2D eigenvalue weighted by Gasteiger charge is -2.15. The highest BCUT2D eigenvalue weighted by molar-refractivity contribution is 6.30. The van der Waals surface area contributed by atoms with E-state index in [-0.39, 0.29) is 19.3 Å². The van der Waals surface area contributed by atoms with Gasteiger partial charge in [-0.1, -0.05) is 11.6 Å². The van der Waals surface area contributed by atoms with Crippen LogP contribution < -0.4 is 15.2 Å². The number of carbonyl (C=O) groups is 1. The molecule has 5 nitrogen and oxygen atoms in total. The van der Waals surface area contributed by atoms with Gasteiger partial charge < -0.3 is 19.9 Å². The van der Waals surface area contributed by atoms with Crippen molar-refractivity contribution >= 4 is 17.6 Å².